The molecule has 3 nitrogen and oxygen atoms in total. The molecule has 16 heavy (non-hydrogen) atoms. The van der Waals surface area contributed by atoms with Crippen molar-refractivity contribution in [2.75, 3.05) is 0 Å². The molecule has 0 aliphatic carbocycles. The maximum absolute atomic E-state index is 7.44. The Hall–Kier alpha value is -1.90. The summed E-state index contributed by atoms with van der Waals surface area (Å²) >= 11 is 0. The molecule has 1 aromatic carbocycles. The third-order valence-electron chi connectivity index (χ3n) is 2.73. The lowest BCUT2D eigenvalue weighted by Gasteiger charge is -2.08. The van der Waals surface area contributed by atoms with Crippen molar-refractivity contribution in [3.8, 4) is 0 Å². The van der Waals surface area contributed by atoms with Crippen LogP contribution in [0.2, 0.25) is 0 Å². The third kappa shape index (κ3) is 1.65. The zero-order valence-corrected chi connectivity index (χ0v) is 9.76. The Kier molecular flexibility index (Phi) is 2.38. The predicted molar refractivity (Wildman–Crippen MR) is 67.0 cm³/mol. The van der Waals surface area contributed by atoms with E-state index < -0.39 is 0 Å². The lowest BCUT2D eigenvalue weighted by atomic mass is 10.0. The van der Waals surface area contributed by atoms with Gasteiger partial charge in [-0.05, 0) is 44.0 Å². The van der Waals surface area contributed by atoms with E-state index in [-0.39, 0.29) is 5.84 Å². The minimum Gasteiger partial charge on any atom is -0.382 e. The highest BCUT2D eigenvalue weighted by Crippen LogP contribution is 2.22. The topological polar surface area (TPSA) is 62.8 Å². The molecule has 1 heterocycles. The molecule has 0 atom stereocenters. The first-order valence-electron chi connectivity index (χ1n) is 5.22. The molecule has 1 aromatic heterocycles. The van der Waals surface area contributed by atoms with E-state index in [2.05, 4.69) is 24.0 Å². The van der Waals surface area contributed by atoms with Gasteiger partial charge in [-0.25, -0.2) is 4.98 Å². The highest BCUT2D eigenvalue weighted by atomic mass is 14.8. The van der Waals surface area contributed by atoms with Gasteiger partial charge in [-0.15, -0.1) is 0 Å². The fraction of sp³-hybridized carbons (Fsp3) is 0.231. The number of pyridine rings is 1. The van der Waals surface area contributed by atoms with Crippen LogP contribution in [0.25, 0.3) is 10.9 Å². The number of aryl methyl sites for hydroxylation is 3. The molecule has 0 saturated carbocycles. The number of hydrogen-bond donors (Lipinski definition) is 2. The number of hydrogen-bond acceptors (Lipinski definition) is 2. The summed E-state index contributed by atoms with van der Waals surface area (Å²) in [4.78, 5) is 4.43. The van der Waals surface area contributed by atoms with Crippen molar-refractivity contribution in [2.45, 2.75) is 20.8 Å². The van der Waals surface area contributed by atoms with Crippen molar-refractivity contribution in [1.82, 2.24) is 4.98 Å². The van der Waals surface area contributed by atoms with E-state index in [4.69, 9.17) is 11.1 Å². The zero-order chi connectivity index (χ0) is 11.9. The Bertz CT molecular complexity index is 585. The molecule has 3 N–H and O–H groups in total. The van der Waals surface area contributed by atoms with Crippen LogP contribution in [-0.4, -0.2) is 10.8 Å². The molecule has 2 rings (SSSR count). The Balaban J connectivity index is 2.87. The Morgan fingerprint density at radius 2 is 1.81 bits per heavy atom. The molecule has 3 heteroatoms. The molecule has 0 radical (unpaired) electrons. The summed E-state index contributed by atoms with van der Waals surface area (Å²) in [6, 6.07) is 6.08. The van der Waals surface area contributed by atoms with Crippen LogP contribution >= 0.6 is 0 Å². The molecule has 0 saturated heterocycles. The van der Waals surface area contributed by atoms with Gasteiger partial charge in [-0.1, -0.05) is 11.6 Å². The van der Waals surface area contributed by atoms with Crippen molar-refractivity contribution in [3.63, 3.8) is 0 Å². The summed E-state index contributed by atoms with van der Waals surface area (Å²) in [5, 5.41) is 8.58. The largest absolute Gasteiger partial charge is 0.382 e. The van der Waals surface area contributed by atoms with Crippen molar-refractivity contribution < 1.29 is 0 Å². The molecule has 0 aliphatic heterocycles. The first-order valence-corrected chi connectivity index (χ1v) is 5.22. The number of nitrogens with two attached hydrogens (primary N) is 1. The number of nitrogens with zero attached hydrogens (tertiary/aromatic N) is 1. The number of benzene rings is 1. The second-order valence-corrected chi connectivity index (χ2v) is 4.22. The highest BCUT2D eigenvalue weighted by Gasteiger charge is 2.07. The average molecular weight is 213 g/mol. The molecule has 0 unspecified atom stereocenters. The van der Waals surface area contributed by atoms with Gasteiger partial charge in [0.2, 0.25) is 0 Å². The Morgan fingerprint density at radius 3 is 2.44 bits per heavy atom. The average Bonchev–Trinajstić information content (AvgIpc) is 2.19. The summed E-state index contributed by atoms with van der Waals surface area (Å²) < 4.78 is 0. The number of fused-ring (bicyclic) bond motifs is 1. The van der Waals surface area contributed by atoms with Gasteiger partial charge in [0.25, 0.3) is 0 Å². The molecule has 82 valence electrons. The second kappa shape index (κ2) is 3.59. The summed E-state index contributed by atoms with van der Waals surface area (Å²) in [5.41, 5.74) is 10.4. The molecule has 0 amide bonds. The van der Waals surface area contributed by atoms with Gasteiger partial charge >= 0.3 is 0 Å². The lowest BCUT2D eigenvalue weighted by molar-refractivity contribution is 1.26. The smallest absolute Gasteiger partial charge is 0.141 e. The zero-order valence-electron chi connectivity index (χ0n) is 9.76. The first kappa shape index (κ1) is 10.6. The van der Waals surface area contributed by atoms with Crippen LogP contribution in [0, 0.1) is 26.2 Å². The molecule has 2 aromatic rings. The molecule has 0 bridgehead atoms. The van der Waals surface area contributed by atoms with Gasteiger partial charge in [0, 0.05) is 5.39 Å². The molecule has 0 aliphatic rings. The minimum absolute atomic E-state index is 0.0185. The Labute approximate surface area is 94.8 Å². The van der Waals surface area contributed by atoms with E-state index in [1.165, 1.54) is 5.56 Å². The van der Waals surface area contributed by atoms with Crippen LogP contribution in [0.5, 0.6) is 0 Å². The van der Waals surface area contributed by atoms with Crippen LogP contribution in [0.4, 0.5) is 0 Å². The van der Waals surface area contributed by atoms with Crippen LogP contribution in [0.15, 0.2) is 18.2 Å². The van der Waals surface area contributed by atoms with Gasteiger partial charge in [0.05, 0.1) is 5.52 Å². The van der Waals surface area contributed by atoms with E-state index in [1.54, 1.807) is 0 Å². The van der Waals surface area contributed by atoms with Gasteiger partial charge in [0.15, 0.2) is 0 Å². The fourth-order valence-electron chi connectivity index (χ4n) is 1.98. The third-order valence-corrected chi connectivity index (χ3v) is 2.73. The molecule has 0 fully saturated rings. The van der Waals surface area contributed by atoms with E-state index in [1.807, 2.05) is 19.9 Å². The van der Waals surface area contributed by atoms with Crippen molar-refractivity contribution in [1.29, 1.82) is 5.41 Å². The predicted octanol–water partition coefficient (Wildman–Crippen LogP) is 2.44. The molecule has 0 spiro atoms. The quantitative estimate of drug-likeness (QED) is 0.564. The van der Waals surface area contributed by atoms with Crippen LogP contribution < -0.4 is 5.73 Å². The lowest BCUT2D eigenvalue weighted by Crippen LogP contribution is -2.13. The van der Waals surface area contributed by atoms with Gasteiger partial charge in [-0.2, -0.15) is 0 Å². The maximum atomic E-state index is 7.44. The standard InChI is InChI=1S/C13H15N3/c1-7-4-9(3)12-10(5-7)8(2)6-11(16-12)13(14)15/h4-6H,1-3H3,(H3,14,15). The summed E-state index contributed by atoms with van der Waals surface area (Å²) in [6.07, 6.45) is 0. The number of nitrogens with one attached hydrogen (secondary N) is 1. The van der Waals surface area contributed by atoms with E-state index in [0.717, 1.165) is 22.0 Å². The normalized spacial score (nSPS) is 10.7. The van der Waals surface area contributed by atoms with Crippen molar-refractivity contribution in [2.24, 2.45) is 5.73 Å². The van der Waals surface area contributed by atoms with E-state index >= 15 is 0 Å². The summed E-state index contributed by atoms with van der Waals surface area (Å²) in [7, 11) is 0. The summed E-state index contributed by atoms with van der Waals surface area (Å²) in [6.45, 7) is 6.13. The monoisotopic (exact) mass is 213 g/mol. The van der Waals surface area contributed by atoms with Crippen molar-refractivity contribution in [3.05, 3.63) is 40.6 Å². The molecular formula is C13H15N3. The molecular weight excluding hydrogens is 198 g/mol. The second-order valence-electron chi connectivity index (χ2n) is 4.22. The van der Waals surface area contributed by atoms with Crippen LogP contribution in [0.3, 0.4) is 0 Å². The fourth-order valence-corrected chi connectivity index (χ4v) is 1.98. The number of amidine groups is 1. The van der Waals surface area contributed by atoms with Gasteiger partial charge < -0.3 is 5.73 Å². The van der Waals surface area contributed by atoms with Crippen LogP contribution in [-0.2, 0) is 0 Å². The number of nitrogen functional groups attached to an aromatic ring is 1. The van der Waals surface area contributed by atoms with E-state index in [0.29, 0.717) is 5.69 Å². The van der Waals surface area contributed by atoms with E-state index in [9.17, 15) is 0 Å². The minimum atomic E-state index is 0.0185. The maximum Gasteiger partial charge on any atom is 0.141 e. The first-order chi connectivity index (χ1) is 7.49. The Morgan fingerprint density at radius 1 is 1.12 bits per heavy atom. The van der Waals surface area contributed by atoms with Gasteiger partial charge in [-0.3, -0.25) is 5.41 Å². The summed E-state index contributed by atoms with van der Waals surface area (Å²) in [5.74, 6) is 0.0185. The number of aromatic nitrogens is 1. The van der Waals surface area contributed by atoms with Crippen molar-refractivity contribution >= 4 is 16.7 Å². The number of rotatable bonds is 1. The van der Waals surface area contributed by atoms with Crippen LogP contribution in [0.1, 0.15) is 22.4 Å². The highest BCUT2D eigenvalue weighted by molar-refractivity contribution is 5.97. The SMILES string of the molecule is Cc1cc(C)c2nc(C(=N)N)cc(C)c2c1. The van der Waals surface area contributed by atoms with Gasteiger partial charge in [0.1, 0.15) is 11.5 Å².